The molecule has 1 amide bonds. The Labute approximate surface area is 129 Å². The zero-order chi connectivity index (χ0) is 16.3. The Balaban J connectivity index is 2.55. The summed E-state index contributed by atoms with van der Waals surface area (Å²) in [5.74, 6) is -0.743. The minimum atomic E-state index is -0.550. The average molecular weight is 301 g/mol. The molecule has 1 heterocycles. The summed E-state index contributed by atoms with van der Waals surface area (Å²) in [6.07, 6.45) is 2.31. The molecule has 1 aromatic rings. The first-order valence-electron chi connectivity index (χ1n) is 7.12. The Morgan fingerprint density at radius 1 is 1.36 bits per heavy atom. The molecule has 0 aliphatic carbocycles. The molecule has 0 aromatic heterocycles. The number of phenolic OH excluding ortho intramolecular Hbond substituents is 1. The van der Waals surface area contributed by atoms with Gasteiger partial charge in [0.15, 0.2) is 0 Å². The summed E-state index contributed by atoms with van der Waals surface area (Å²) in [5.41, 5.74) is 1.57. The van der Waals surface area contributed by atoms with Crippen LogP contribution in [0.5, 0.6) is 5.75 Å². The Morgan fingerprint density at radius 2 is 2.05 bits per heavy atom. The smallest absolute Gasteiger partial charge is 0.340 e. The molecule has 5 nitrogen and oxygen atoms in total. The van der Waals surface area contributed by atoms with E-state index in [0.29, 0.717) is 17.8 Å². The molecular formula is C17H19NO4. The summed E-state index contributed by atoms with van der Waals surface area (Å²) in [4.78, 5) is 26.2. The number of phenols is 1. The Bertz CT molecular complexity index is 673. The SMILES string of the molecule is CCCN1C(=O)/C(=C\c2ccccc2O)C(C(=O)OC)=C1C. The van der Waals surface area contributed by atoms with Crippen molar-refractivity contribution in [2.24, 2.45) is 0 Å². The van der Waals surface area contributed by atoms with E-state index in [1.807, 2.05) is 6.92 Å². The fourth-order valence-corrected chi connectivity index (χ4v) is 2.49. The van der Waals surface area contributed by atoms with Gasteiger partial charge in [0.25, 0.3) is 5.91 Å². The van der Waals surface area contributed by atoms with Crippen LogP contribution in [0.3, 0.4) is 0 Å². The number of amides is 1. The molecule has 0 unspecified atom stereocenters. The molecule has 1 aromatic carbocycles. The van der Waals surface area contributed by atoms with Gasteiger partial charge in [-0.2, -0.15) is 0 Å². The Hall–Kier alpha value is -2.56. The third kappa shape index (κ3) is 2.74. The lowest BCUT2D eigenvalue weighted by Gasteiger charge is -2.16. The number of para-hydroxylation sites is 1. The predicted molar refractivity (Wildman–Crippen MR) is 82.8 cm³/mol. The number of ether oxygens (including phenoxy) is 1. The fourth-order valence-electron chi connectivity index (χ4n) is 2.49. The van der Waals surface area contributed by atoms with E-state index in [-0.39, 0.29) is 22.8 Å². The quantitative estimate of drug-likeness (QED) is 0.685. The van der Waals surface area contributed by atoms with Gasteiger partial charge in [-0.3, -0.25) is 4.79 Å². The van der Waals surface area contributed by atoms with Gasteiger partial charge in [-0.25, -0.2) is 4.79 Å². The molecule has 5 heteroatoms. The molecule has 116 valence electrons. The van der Waals surface area contributed by atoms with Gasteiger partial charge in [0.1, 0.15) is 5.75 Å². The summed E-state index contributed by atoms with van der Waals surface area (Å²) < 4.78 is 4.80. The number of nitrogens with zero attached hydrogens (tertiary/aromatic N) is 1. The van der Waals surface area contributed by atoms with Gasteiger partial charge < -0.3 is 14.7 Å². The number of allylic oxidation sites excluding steroid dienone is 1. The number of rotatable bonds is 4. The number of hydrogen-bond acceptors (Lipinski definition) is 4. The molecule has 0 fully saturated rings. The molecule has 2 rings (SSSR count). The van der Waals surface area contributed by atoms with E-state index < -0.39 is 5.97 Å². The summed E-state index contributed by atoms with van der Waals surface area (Å²) >= 11 is 0. The van der Waals surface area contributed by atoms with Gasteiger partial charge in [-0.1, -0.05) is 25.1 Å². The molecule has 0 saturated heterocycles. The van der Waals surface area contributed by atoms with E-state index in [9.17, 15) is 14.7 Å². The van der Waals surface area contributed by atoms with Crippen molar-refractivity contribution < 1.29 is 19.4 Å². The lowest BCUT2D eigenvalue weighted by atomic mass is 10.0. The number of esters is 1. The van der Waals surface area contributed by atoms with E-state index in [4.69, 9.17) is 4.74 Å². The van der Waals surface area contributed by atoms with Gasteiger partial charge in [-0.15, -0.1) is 0 Å². The highest BCUT2D eigenvalue weighted by Crippen LogP contribution is 2.32. The number of carbonyl (C=O) groups excluding carboxylic acids is 2. The molecule has 0 bridgehead atoms. The molecule has 1 aliphatic rings. The van der Waals surface area contributed by atoms with Crippen molar-refractivity contribution in [2.75, 3.05) is 13.7 Å². The van der Waals surface area contributed by atoms with Crippen LogP contribution in [-0.4, -0.2) is 35.5 Å². The minimum absolute atomic E-state index is 0.0543. The summed E-state index contributed by atoms with van der Waals surface area (Å²) in [6.45, 7) is 4.22. The maximum Gasteiger partial charge on any atom is 0.340 e. The van der Waals surface area contributed by atoms with E-state index in [1.54, 1.807) is 30.0 Å². The zero-order valence-corrected chi connectivity index (χ0v) is 12.9. The van der Waals surface area contributed by atoms with Crippen LogP contribution in [0.15, 0.2) is 41.1 Å². The number of methoxy groups -OCH3 is 1. The third-order valence-corrected chi connectivity index (χ3v) is 3.58. The van der Waals surface area contributed by atoms with Crippen LogP contribution in [0.2, 0.25) is 0 Å². The van der Waals surface area contributed by atoms with Gasteiger partial charge in [0.2, 0.25) is 0 Å². The van der Waals surface area contributed by atoms with Crippen LogP contribution in [0.25, 0.3) is 6.08 Å². The Kier molecular flexibility index (Phi) is 4.65. The summed E-state index contributed by atoms with van der Waals surface area (Å²) in [7, 11) is 1.28. The second-order valence-electron chi connectivity index (χ2n) is 5.03. The molecule has 0 spiro atoms. The second-order valence-corrected chi connectivity index (χ2v) is 5.03. The van der Waals surface area contributed by atoms with Crippen molar-refractivity contribution in [1.29, 1.82) is 0 Å². The highest BCUT2D eigenvalue weighted by atomic mass is 16.5. The first kappa shape index (κ1) is 15.8. The van der Waals surface area contributed by atoms with Crippen LogP contribution >= 0.6 is 0 Å². The lowest BCUT2D eigenvalue weighted by molar-refractivity contribution is -0.136. The van der Waals surface area contributed by atoms with Crippen LogP contribution in [-0.2, 0) is 14.3 Å². The van der Waals surface area contributed by atoms with E-state index >= 15 is 0 Å². The summed E-state index contributed by atoms with van der Waals surface area (Å²) in [6, 6.07) is 6.66. The first-order valence-corrected chi connectivity index (χ1v) is 7.12. The average Bonchev–Trinajstić information content (AvgIpc) is 2.74. The number of aromatic hydroxyl groups is 1. The zero-order valence-electron chi connectivity index (χ0n) is 12.9. The van der Waals surface area contributed by atoms with E-state index in [1.165, 1.54) is 19.3 Å². The molecule has 0 saturated carbocycles. The molecule has 1 N–H and O–H groups in total. The second kappa shape index (κ2) is 6.47. The molecular weight excluding hydrogens is 282 g/mol. The maximum atomic E-state index is 12.6. The Morgan fingerprint density at radius 3 is 2.64 bits per heavy atom. The van der Waals surface area contributed by atoms with Gasteiger partial charge in [0.05, 0.1) is 18.3 Å². The largest absolute Gasteiger partial charge is 0.507 e. The molecule has 0 radical (unpaired) electrons. The van der Waals surface area contributed by atoms with Gasteiger partial charge >= 0.3 is 5.97 Å². The van der Waals surface area contributed by atoms with E-state index in [2.05, 4.69) is 0 Å². The van der Waals surface area contributed by atoms with Crippen LogP contribution in [0.1, 0.15) is 25.8 Å². The highest BCUT2D eigenvalue weighted by molar-refractivity contribution is 6.16. The monoisotopic (exact) mass is 301 g/mol. The fraction of sp³-hybridized carbons (Fsp3) is 0.294. The normalized spacial score (nSPS) is 16.6. The first-order chi connectivity index (χ1) is 10.5. The van der Waals surface area contributed by atoms with Crippen molar-refractivity contribution >= 4 is 18.0 Å². The number of carbonyl (C=O) groups is 2. The van der Waals surface area contributed by atoms with Crippen LogP contribution in [0, 0.1) is 0 Å². The van der Waals surface area contributed by atoms with Crippen LogP contribution < -0.4 is 0 Å². The van der Waals surface area contributed by atoms with Crippen molar-refractivity contribution in [3.8, 4) is 5.75 Å². The standard InChI is InChI=1S/C17H19NO4/c1-4-9-18-11(2)15(17(21)22-3)13(16(18)20)10-12-7-5-6-8-14(12)19/h5-8,10,19H,4,9H2,1-3H3/b13-10-. The molecule has 22 heavy (non-hydrogen) atoms. The molecule has 1 aliphatic heterocycles. The molecule has 0 atom stereocenters. The third-order valence-electron chi connectivity index (χ3n) is 3.58. The van der Waals surface area contributed by atoms with Crippen molar-refractivity contribution in [1.82, 2.24) is 4.90 Å². The highest BCUT2D eigenvalue weighted by Gasteiger charge is 2.36. The van der Waals surface area contributed by atoms with Gasteiger partial charge in [-0.05, 0) is 25.5 Å². The number of benzene rings is 1. The van der Waals surface area contributed by atoms with Crippen molar-refractivity contribution in [3.63, 3.8) is 0 Å². The summed E-state index contributed by atoms with van der Waals surface area (Å²) in [5, 5.41) is 9.87. The topological polar surface area (TPSA) is 66.8 Å². The predicted octanol–water partition coefficient (Wildman–Crippen LogP) is 2.47. The van der Waals surface area contributed by atoms with Crippen molar-refractivity contribution in [2.45, 2.75) is 20.3 Å². The van der Waals surface area contributed by atoms with E-state index in [0.717, 1.165) is 6.42 Å². The lowest BCUT2D eigenvalue weighted by Crippen LogP contribution is -2.25. The van der Waals surface area contributed by atoms with Gasteiger partial charge in [0, 0.05) is 17.8 Å². The minimum Gasteiger partial charge on any atom is -0.507 e. The number of hydrogen-bond donors (Lipinski definition) is 1. The maximum absolute atomic E-state index is 12.6. The van der Waals surface area contributed by atoms with Crippen LogP contribution in [0.4, 0.5) is 0 Å². The van der Waals surface area contributed by atoms with Crippen molar-refractivity contribution in [3.05, 3.63) is 46.7 Å².